The molecular formula is C17H20N2O4. The maximum atomic E-state index is 12.2. The largest absolute Gasteiger partial charge is 0.503 e. The predicted molar refractivity (Wildman–Crippen MR) is 84.1 cm³/mol. The van der Waals surface area contributed by atoms with Gasteiger partial charge in [0, 0.05) is 6.54 Å². The molecular weight excluding hydrogens is 296 g/mol. The first-order valence-electron chi connectivity index (χ1n) is 7.84. The lowest BCUT2D eigenvalue weighted by atomic mass is 10.0. The summed E-state index contributed by atoms with van der Waals surface area (Å²) in [5.74, 6) is -0.484. The third kappa shape index (κ3) is 3.02. The molecule has 1 aromatic rings. The molecule has 2 aliphatic heterocycles. The number of benzene rings is 1. The van der Waals surface area contributed by atoms with Crippen LogP contribution in [0.25, 0.3) is 0 Å². The molecule has 0 bridgehead atoms. The van der Waals surface area contributed by atoms with Gasteiger partial charge in [-0.2, -0.15) is 0 Å². The molecule has 0 saturated carbocycles. The number of nitrogens with zero attached hydrogens (tertiary/aromatic N) is 1. The van der Waals surface area contributed by atoms with Gasteiger partial charge in [0.2, 0.25) is 0 Å². The lowest BCUT2D eigenvalue weighted by Crippen LogP contribution is -2.38. The van der Waals surface area contributed by atoms with Crippen molar-refractivity contribution < 1.29 is 19.4 Å². The van der Waals surface area contributed by atoms with E-state index in [1.807, 2.05) is 24.3 Å². The minimum absolute atomic E-state index is 0.101. The topological polar surface area (TPSA) is 78.9 Å². The van der Waals surface area contributed by atoms with E-state index in [4.69, 9.17) is 4.74 Å². The number of carbonyl (C=O) groups is 2. The normalized spacial score (nSPS) is 20.3. The number of ether oxygens (including phenoxy) is 1. The summed E-state index contributed by atoms with van der Waals surface area (Å²) in [7, 11) is 0. The van der Waals surface area contributed by atoms with Gasteiger partial charge in [-0.25, -0.2) is 0 Å². The number of aliphatic hydroxyl groups excluding tert-OH is 1. The zero-order valence-electron chi connectivity index (χ0n) is 13.0. The lowest BCUT2D eigenvalue weighted by molar-refractivity contribution is -0.127. The van der Waals surface area contributed by atoms with Gasteiger partial charge in [-0.1, -0.05) is 18.2 Å². The Kier molecular flexibility index (Phi) is 4.23. The van der Waals surface area contributed by atoms with Crippen molar-refractivity contribution in [3.05, 3.63) is 41.2 Å². The van der Waals surface area contributed by atoms with Gasteiger partial charge in [0.1, 0.15) is 11.9 Å². The van der Waals surface area contributed by atoms with Crippen molar-refractivity contribution >= 4 is 11.8 Å². The highest BCUT2D eigenvalue weighted by atomic mass is 16.5. The zero-order valence-corrected chi connectivity index (χ0v) is 13.0. The van der Waals surface area contributed by atoms with Crippen LogP contribution in [0.3, 0.4) is 0 Å². The Bertz CT molecular complexity index is 668. The molecule has 0 unspecified atom stereocenters. The van der Waals surface area contributed by atoms with E-state index in [9.17, 15) is 14.7 Å². The third-order valence-electron chi connectivity index (χ3n) is 4.27. The molecule has 0 aliphatic carbocycles. The van der Waals surface area contributed by atoms with Crippen LogP contribution in [0, 0.1) is 0 Å². The fourth-order valence-corrected chi connectivity index (χ4v) is 2.89. The van der Waals surface area contributed by atoms with Crippen LogP contribution in [0.5, 0.6) is 5.75 Å². The maximum Gasteiger partial charge on any atom is 0.289 e. The molecule has 0 radical (unpaired) electrons. The van der Waals surface area contributed by atoms with E-state index in [1.54, 1.807) is 6.92 Å². The Hall–Kier alpha value is -2.50. The first kappa shape index (κ1) is 15.4. The van der Waals surface area contributed by atoms with E-state index in [1.165, 1.54) is 10.5 Å². The van der Waals surface area contributed by atoms with Crippen LogP contribution in [-0.4, -0.2) is 47.6 Å². The molecule has 6 heteroatoms. The summed E-state index contributed by atoms with van der Waals surface area (Å²) >= 11 is 0. The van der Waals surface area contributed by atoms with E-state index in [-0.39, 0.29) is 18.2 Å². The second-order valence-corrected chi connectivity index (χ2v) is 5.74. The molecule has 0 saturated heterocycles. The Labute approximate surface area is 134 Å². The number of aryl methyl sites for hydroxylation is 1. The Morgan fingerprint density at radius 1 is 1.43 bits per heavy atom. The number of carbonyl (C=O) groups excluding carboxylic acids is 2. The monoisotopic (exact) mass is 316 g/mol. The van der Waals surface area contributed by atoms with Crippen molar-refractivity contribution in [2.45, 2.75) is 25.9 Å². The average molecular weight is 316 g/mol. The number of likely N-dealkylation sites (N-methyl/N-ethyl adjacent to an activating group) is 1. The average Bonchev–Trinajstić information content (AvgIpc) is 2.87. The van der Waals surface area contributed by atoms with Crippen LogP contribution in [0.1, 0.15) is 18.9 Å². The second kappa shape index (κ2) is 6.32. The SMILES string of the molecule is CCN1CC(C(=O)NC[C@H]2CCc3ccccc3O2)=C(O)C1=O. The van der Waals surface area contributed by atoms with E-state index in [2.05, 4.69) is 5.32 Å². The maximum absolute atomic E-state index is 12.2. The summed E-state index contributed by atoms with van der Waals surface area (Å²) in [5.41, 5.74) is 1.31. The van der Waals surface area contributed by atoms with Gasteiger partial charge in [0.15, 0.2) is 5.76 Å². The number of nitrogens with one attached hydrogen (secondary N) is 1. The van der Waals surface area contributed by atoms with Gasteiger partial charge < -0.3 is 20.1 Å². The van der Waals surface area contributed by atoms with Crippen LogP contribution in [0.15, 0.2) is 35.6 Å². The first-order chi connectivity index (χ1) is 11.1. The van der Waals surface area contributed by atoms with Crippen molar-refractivity contribution in [1.29, 1.82) is 0 Å². The van der Waals surface area contributed by atoms with E-state index < -0.39 is 17.6 Å². The van der Waals surface area contributed by atoms with E-state index >= 15 is 0 Å². The molecule has 2 aliphatic rings. The standard InChI is InChI=1S/C17H20N2O4/c1-2-19-10-13(15(20)17(19)22)16(21)18-9-12-8-7-11-5-3-4-6-14(11)23-12/h3-6,12,20H,2,7-10H2,1H3,(H,18,21)/t12-/m1/s1. The predicted octanol–water partition coefficient (Wildman–Crippen LogP) is 1.17. The smallest absolute Gasteiger partial charge is 0.289 e. The zero-order chi connectivity index (χ0) is 16.4. The van der Waals surface area contributed by atoms with Gasteiger partial charge in [-0.3, -0.25) is 9.59 Å². The summed E-state index contributed by atoms with van der Waals surface area (Å²) in [6.07, 6.45) is 1.63. The van der Waals surface area contributed by atoms with E-state index in [0.29, 0.717) is 13.1 Å². The van der Waals surface area contributed by atoms with Crippen LogP contribution in [0.2, 0.25) is 0 Å². The third-order valence-corrected chi connectivity index (χ3v) is 4.27. The molecule has 0 fully saturated rings. The van der Waals surface area contributed by atoms with Crippen molar-refractivity contribution in [2.24, 2.45) is 0 Å². The minimum Gasteiger partial charge on any atom is -0.503 e. The molecule has 2 heterocycles. The first-order valence-corrected chi connectivity index (χ1v) is 7.84. The van der Waals surface area contributed by atoms with Crippen molar-refractivity contribution in [3.8, 4) is 5.75 Å². The highest BCUT2D eigenvalue weighted by Gasteiger charge is 2.33. The molecule has 0 aromatic heterocycles. The number of hydrogen-bond acceptors (Lipinski definition) is 4. The van der Waals surface area contributed by atoms with Crippen LogP contribution in [-0.2, 0) is 16.0 Å². The highest BCUT2D eigenvalue weighted by Crippen LogP contribution is 2.26. The Morgan fingerprint density at radius 2 is 2.22 bits per heavy atom. The molecule has 122 valence electrons. The molecule has 2 N–H and O–H groups in total. The minimum atomic E-state index is -0.486. The number of rotatable bonds is 4. The molecule has 3 rings (SSSR count). The Balaban J connectivity index is 1.57. The summed E-state index contributed by atoms with van der Waals surface area (Å²) in [5, 5.41) is 12.6. The van der Waals surface area contributed by atoms with Crippen molar-refractivity contribution in [2.75, 3.05) is 19.6 Å². The number of fused-ring (bicyclic) bond motifs is 1. The van der Waals surface area contributed by atoms with Gasteiger partial charge in [0.25, 0.3) is 11.8 Å². The van der Waals surface area contributed by atoms with Crippen LogP contribution < -0.4 is 10.1 Å². The number of amides is 2. The van der Waals surface area contributed by atoms with Crippen molar-refractivity contribution in [3.63, 3.8) is 0 Å². The summed E-state index contributed by atoms with van der Waals surface area (Å²) in [6.45, 7) is 2.77. The summed E-state index contributed by atoms with van der Waals surface area (Å²) in [6, 6.07) is 7.87. The summed E-state index contributed by atoms with van der Waals surface area (Å²) in [4.78, 5) is 25.3. The molecule has 6 nitrogen and oxygen atoms in total. The van der Waals surface area contributed by atoms with Gasteiger partial charge in [-0.05, 0) is 31.4 Å². The molecule has 0 spiro atoms. The fraction of sp³-hybridized carbons (Fsp3) is 0.412. The van der Waals surface area contributed by atoms with Crippen molar-refractivity contribution in [1.82, 2.24) is 10.2 Å². The molecule has 1 atom stereocenters. The van der Waals surface area contributed by atoms with Gasteiger partial charge >= 0.3 is 0 Å². The number of aliphatic hydroxyl groups is 1. The highest BCUT2D eigenvalue weighted by molar-refractivity contribution is 6.06. The Morgan fingerprint density at radius 3 is 2.96 bits per heavy atom. The van der Waals surface area contributed by atoms with Gasteiger partial charge in [0.05, 0.1) is 18.7 Å². The molecule has 2 amide bonds. The van der Waals surface area contributed by atoms with E-state index in [0.717, 1.165) is 18.6 Å². The number of hydrogen-bond donors (Lipinski definition) is 2. The van der Waals surface area contributed by atoms with Gasteiger partial charge in [-0.15, -0.1) is 0 Å². The second-order valence-electron chi connectivity index (χ2n) is 5.74. The van der Waals surface area contributed by atoms with Crippen LogP contribution >= 0.6 is 0 Å². The number of para-hydroxylation sites is 1. The van der Waals surface area contributed by atoms with Crippen LogP contribution in [0.4, 0.5) is 0 Å². The lowest BCUT2D eigenvalue weighted by Gasteiger charge is -2.26. The summed E-state index contributed by atoms with van der Waals surface area (Å²) < 4.78 is 5.86. The quantitative estimate of drug-likeness (QED) is 0.874. The molecule has 23 heavy (non-hydrogen) atoms. The molecule has 1 aromatic carbocycles. The fourth-order valence-electron chi connectivity index (χ4n) is 2.89.